The average Bonchev–Trinajstić information content (AvgIpc) is 2.52. The highest BCUT2D eigenvalue weighted by Gasteiger charge is 2.11. The zero-order chi connectivity index (χ0) is 10.1. The fraction of sp³-hybridized carbons (Fsp3) is 0.100. The number of carbonyl (C=O) groups is 1. The number of nitrogens with two attached hydrogens (primary N) is 1. The molecule has 0 aliphatic heterocycles. The van der Waals surface area contributed by atoms with Crippen LogP contribution in [-0.2, 0) is 6.61 Å². The summed E-state index contributed by atoms with van der Waals surface area (Å²) in [7, 11) is 0. The Balaban J connectivity index is 2.89. The van der Waals surface area contributed by atoms with Crippen LogP contribution in [0.25, 0.3) is 10.1 Å². The molecule has 0 aliphatic rings. The van der Waals surface area contributed by atoms with Gasteiger partial charge in [0, 0.05) is 21.2 Å². The lowest BCUT2D eigenvalue weighted by Crippen LogP contribution is -1.90. The molecule has 2 aromatic rings. The Kier molecular flexibility index (Phi) is 2.23. The van der Waals surface area contributed by atoms with E-state index in [1.165, 1.54) is 11.3 Å². The van der Waals surface area contributed by atoms with Crippen molar-refractivity contribution in [3.63, 3.8) is 0 Å². The van der Waals surface area contributed by atoms with Crippen LogP contribution >= 0.6 is 11.3 Å². The summed E-state index contributed by atoms with van der Waals surface area (Å²) in [5, 5.41) is 10.5. The molecule has 3 nitrogen and oxygen atoms in total. The fourth-order valence-corrected chi connectivity index (χ4v) is 2.53. The zero-order valence-electron chi connectivity index (χ0n) is 7.36. The van der Waals surface area contributed by atoms with Crippen molar-refractivity contribution in [2.24, 2.45) is 0 Å². The van der Waals surface area contributed by atoms with Crippen molar-refractivity contribution in [2.45, 2.75) is 6.61 Å². The first kappa shape index (κ1) is 9.18. The monoisotopic (exact) mass is 207 g/mol. The van der Waals surface area contributed by atoms with Gasteiger partial charge in [-0.3, -0.25) is 4.79 Å². The van der Waals surface area contributed by atoms with Gasteiger partial charge in [-0.1, -0.05) is 12.1 Å². The minimum Gasteiger partial charge on any atom is -0.392 e. The summed E-state index contributed by atoms with van der Waals surface area (Å²) in [4.78, 5) is 10.8. The van der Waals surface area contributed by atoms with Gasteiger partial charge >= 0.3 is 0 Å². The van der Waals surface area contributed by atoms with E-state index in [1.807, 2.05) is 12.1 Å². The van der Waals surface area contributed by atoms with Crippen molar-refractivity contribution in [1.29, 1.82) is 0 Å². The Hall–Kier alpha value is -1.39. The number of nitrogen functional groups attached to an aromatic ring is 1. The van der Waals surface area contributed by atoms with E-state index in [-0.39, 0.29) is 6.61 Å². The maximum Gasteiger partial charge on any atom is 0.150 e. The maximum absolute atomic E-state index is 10.8. The predicted octanol–water partition coefficient (Wildman–Crippen LogP) is 1.79. The molecular weight excluding hydrogens is 198 g/mol. The number of aliphatic hydroxyl groups excluding tert-OH is 1. The lowest BCUT2D eigenvalue weighted by atomic mass is 10.1. The van der Waals surface area contributed by atoms with Crippen LogP contribution in [0.2, 0.25) is 0 Å². The lowest BCUT2D eigenvalue weighted by Gasteiger charge is -1.97. The molecular formula is C10H9NO2S. The Morgan fingerprint density at radius 2 is 2.29 bits per heavy atom. The topological polar surface area (TPSA) is 63.3 Å². The first-order valence-corrected chi connectivity index (χ1v) is 4.95. The second-order valence-electron chi connectivity index (χ2n) is 2.94. The molecule has 0 saturated carbocycles. The number of hydrogen-bond donors (Lipinski definition) is 2. The van der Waals surface area contributed by atoms with Gasteiger partial charge < -0.3 is 10.8 Å². The van der Waals surface area contributed by atoms with Crippen molar-refractivity contribution in [1.82, 2.24) is 0 Å². The van der Waals surface area contributed by atoms with Crippen molar-refractivity contribution in [3.05, 3.63) is 29.3 Å². The highest BCUT2D eigenvalue weighted by Crippen LogP contribution is 2.34. The number of aliphatic hydroxyl groups is 1. The number of rotatable bonds is 2. The number of thiophene rings is 1. The smallest absolute Gasteiger partial charge is 0.150 e. The molecule has 1 aromatic heterocycles. The van der Waals surface area contributed by atoms with Crippen molar-refractivity contribution in [3.8, 4) is 0 Å². The van der Waals surface area contributed by atoms with Crippen LogP contribution in [0.5, 0.6) is 0 Å². The average molecular weight is 207 g/mol. The number of fused-ring (bicyclic) bond motifs is 1. The molecule has 4 heteroatoms. The van der Waals surface area contributed by atoms with Crippen molar-refractivity contribution < 1.29 is 9.90 Å². The van der Waals surface area contributed by atoms with Gasteiger partial charge in [-0.2, -0.15) is 0 Å². The second-order valence-corrected chi connectivity index (χ2v) is 4.02. The summed E-state index contributed by atoms with van der Waals surface area (Å²) in [5.74, 6) is 0. The number of carbonyl (C=O) groups excluding carboxylic acids is 1. The molecule has 0 radical (unpaired) electrons. The summed E-state index contributed by atoms with van der Waals surface area (Å²) in [6.07, 6.45) is 0.785. The third kappa shape index (κ3) is 1.20. The Morgan fingerprint density at radius 1 is 1.50 bits per heavy atom. The third-order valence-corrected chi connectivity index (χ3v) is 3.19. The van der Waals surface area contributed by atoms with Gasteiger partial charge in [-0.05, 0) is 6.07 Å². The number of hydrogen-bond acceptors (Lipinski definition) is 4. The second kappa shape index (κ2) is 3.40. The number of anilines is 1. The van der Waals surface area contributed by atoms with E-state index in [9.17, 15) is 4.79 Å². The van der Waals surface area contributed by atoms with E-state index in [2.05, 4.69) is 0 Å². The van der Waals surface area contributed by atoms with Crippen molar-refractivity contribution >= 4 is 32.7 Å². The summed E-state index contributed by atoms with van der Waals surface area (Å²) in [5.41, 5.74) is 6.97. The van der Waals surface area contributed by atoms with Gasteiger partial charge in [-0.25, -0.2) is 0 Å². The minimum absolute atomic E-state index is 0.128. The molecule has 14 heavy (non-hydrogen) atoms. The zero-order valence-corrected chi connectivity index (χ0v) is 8.17. The van der Waals surface area contributed by atoms with E-state index >= 15 is 0 Å². The van der Waals surface area contributed by atoms with E-state index in [4.69, 9.17) is 10.8 Å². The SMILES string of the molecule is Nc1sc2cccc(C=O)c2c1CO. The van der Waals surface area contributed by atoms with Gasteiger partial charge in [-0.15, -0.1) is 11.3 Å². The van der Waals surface area contributed by atoms with Crippen LogP contribution in [0.3, 0.4) is 0 Å². The molecule has 1 heterocycles. The molecule has 0 bridgehead atoms. The van der Waals surface area contributed by atoms with Crippen LogP contribution in [0.1, 0.15) is 15.9 Å². The van der Waals surface area contributed by atoms with Gasteiger partial charge in [0.15, 0.2) is 6.29 Å². The van der Waals surface area contributed by atoms with Crippen LogP contribution < -0.4 is 5.73 Å². The van der Waals surface area contributed by atoms with E-state index in [0.29, 0.717) is 16.1 Å². The standard InChI is InChI=1S/C10H9NO2S/c11-10-7(5-13)9-6(4-12)2-1-3-8(9)14-10/h1-4,13H,5,11H2. The van der Waals surface area contributed by atoms with E-state index in [0.717, 1.165) is 16.4 Å². The quantitative estimate of drug-likeness (QED) is 0.738. The molecule has 0 saturated heterocycles. The molecule has 0 fully saturated rings. The summed E-state index contributed by atoms with van der Waals surface area (Å²) >= 11 is 1.39. The van der Waals surface area contributed by atoms with Gasteiger partial charge in [0.25, 0.3) is 0 Å². The minimum atomic E-state index is -0.128. The fourth-order valence-electron chi connectivity index (χ4n) is 1.51. The first-order valence-electron chi connectivity index (χ1n) is 4.14. The van der Waals surface area contributed by atoms with E-state index in [1.54, 1.807) is 6.07 Å². The van der Waals surface area contributed by atoms with Crippen LogP contribution in [-0.4, -0.2) is 11.4 Å². The molecule has 0 atom stereocenters. The largest absolute Gasteiger partial charge is 0.392 e. The molecule has 3 N–H and O–H groups in total. The van der Waals surface area contributed by atoms with Crippen molar-refractivity contribution in [2.75, 3.05) is 5.73 Å². The molecule has 72 valence electrons. The first-order chi connectivity index (χ1) is 6.77. The Labute approximate surface area is 84.8 Å². The third-order valence-electron chi connectivity index (χ3n) is 2.16. The van der Waals surface area contributed by atoms with E-state index < -0.39 is 0 Å². The number of benzene rings is 1. The van der Waals surface area contributed by atoms with Gasteiger partial charge in [0.2, 0.25) is 0 Å². The molecule has 0 unspecified atom stereocenters. The Morgan fingerprint density at radius 3 is 2.93 bits per heavy atom. The summed E-state index contributed by atoms with van der Waals surface area (Å²) in [6, 6.07) is 5.42. The molecule has 0 spiro atoms. The van der Waals surface area contributed by atoms with Crippen LogP contribution in [0, 0.1) is 0 Å². The summed E-state index contributed by atoms with van der Waals surface area (Å²) < 4.78 is 0.941. The molecule has 0 aliphatic carbocycles. The van der Waals surface area contributed by atoms with Gasteiger partial charge in [0.1, 0.15) is 0 Å². The van der Waals surface area contributed by atoms with Crippen LogP contribution in [0.15, 0.2) is 18.2 Å². The highest BCUT2D eigenvalue weighted by atomic mass is 32.1. The molecule has 0 amide bonds. The normalized spacial score (nSPS) is 10.6. The van der Waals surface area contributed by atoms with Gasteiger partial charge in [0.05, 0.1) is 11.6 Å². The highest BCUT2D eigenvalue weighted by molar-refractivity contribution is 7.23. The summed E-state index contributed by atoms with van der Waals surface area (Å²) in [6.45, 7) is -0.128. The Bertz CT molecular complexity index is 490. The number of aldehydes is 1. The molecule has 2 rings (SSSR count). The molecule has 1 aromatic carbocycles. The van der Waals surface area contributed by atoms with Crippen LogP contribution in [0.4, 0.5) is 5.00 Å². The lowest BCUT2D eigenvalue weighted by molar-refractivity contribution is 0.112. The predicted molar refractivity (Wildman–Crippen MR) is 57.5 cm³/mol. The maximum atomic E-state index is 10.8.